The minimum atomic E-state index is -4.68. The highest BCUT2D eigenvalue weighted by atomic mass is 32.2. The van der Waals surface area contributed by atoms with Gasteiger partial charge in [0.25, 0.3) is 0 Å². The van der Waals surface area contributed by atoms with E-state index in [1.807, 2.05) is 13.8 Å². The van der Waals surface area contributed by atoms with Gasteiger partial charge in [0.1, 0.15) is 10.6 Å². The van der Waals surface area contributed by atoms with Crippen LogP contribution in [0, 0.1) is 17.3 Å². The number of amides is 1. The van der Waals surface area contributed by atoms with Crippen molar-refractivity contribution in [1.82, 2.24) is 4.90 Å². The van der Waals surface area contributed by atoms with Gasteiger partial charge in [0.05, 0.1) is 5.56 Å². The van der Waals surface area contributed by atoms with E-state index >= 15 is 0 Å². The van der Waals surface area contributed by atoms with Crippen molar-refractivity contribution >= 4 is 16.0 Å². The third-order valence-corrected chi connectivity index (χ3v) is 6.59. The van der Waals surface area contributed by atoms with Crippen LogP contribution < -0.4 is 4.18 Å². The number of rotatable bonds is 10. The molecule has 0 aliphatic carbocycles. The molecule has 1 unspecified atom stereocenters. The van der Waals surface area contributed by atoms with E-state index in [2.05, 4.69) is 27.7 Å². The van der Waals surface area contributed by atoms with Crippen LogP contribution in [-0.2, 0) is 27.6 Å². The van der Waals surface area contributed by atoms with Gasteiger partial charge in [0.2, 0.25) is 5.91 Å². The normalized spacial score (nSPS) is 13.5. The monoisotopic (exact) mass is 527 g/mol. The number of benzene rings is 2. The number of nitrogens with zero attached hydrogens (tertiary/aromatic N) is 1. The molecule has 2 aromatic carbocycles. The summed E-state index contributed by atoms with van der Waals surface area (Å²) in [5, 5.41) is 0. The van der Waals surface area contributed by atoms with E-state index in [9.17, 15) is 26.4 Å². The first kappa shape index (κ1) is 29.7. The summed E-state index contributed by atoms with van der Waals surface area (Å²) >= 11 is 0. The van der Waals surface area contributed by atoms with Crippen molar-refractivity contribution in [1.29, 1.82) is 0 Å². The first-order valence-corrected chi connectivity index (χ1v) is 13.4. The molecule has 0 saturated heterocycles. The average molecular weight is 528 g/mol. The first-order valence-electron chi connectivity index (χ1n) is 11.9. The van der Waals surface area contributed by atoms with Crippen molar-refractivity contribution in [3.8, 4) is 5.75 Å². The molecular weight excluding hydrogens is 491 g/mol. The summed E-state index contributed by atoms with van der Waals surface area (Å²) in [6.45, 7) is 13.3. The Morgan fingerprint density at radius 1 is 1.00 bits per heavy atom. The summed E-state index contributed by atoms with van der Waals surface area (Å²) < 4.78 is 69.5. The molecule has 9 heteroatoms. The predicted molar refractivity (Wildman–Crippen MR) is 134 cm³/mol. The second-order valence-corrected chi connectivity index (χ2v) is 12.5. The minimum Gasteiger partial charge on any atom is -0.379 e. The molecule has 0 saturated carbocycles. The quantitative estimate of drug-likeness (QED) is 0.315. The molecule has 0 aliphatic rings. The van der Waals surface area contributed by atoms with E-state index < -0.39 is 26.8 Å². The molecule has 0 spiro atoms. The highest BCUT2D eigenvalue weighted by Crippen LogP contribution is 2.31. The zero-order valence-electron chi connectivity index (χ0n) is 21.7. The number of alkyl halides is 3. The Morgan fingerprint density at radius 2 is 1.64 bits per heavy atom. The van der Waals surface area contributed by atoms with Gasteiger partial charge >= 0.3 is 16.3 Å². The molecular formula is C27H36F3NO4S. The third-order valence-electron chi connectivity index (χ3n) is 5.35. The van der Waals surface area contributed by atoms with Crippen LogP contribution in [0.5, 0.6) is 5.75 Å². The molecule has 1 amide bonds. The lowest BCUT2D eigenvalue weighted by Crippen LogP contribution is -2.35. The van der Waals surface area contributed by atoms with Crippen molar-refractivity contribution in [2.45, 2.75) is 72.0 Å². The molecule has 0 heterocycles. The molecule has 0 radical (unpaired) electrons. The van der Waals surface area contributed by atoms with E-state index in [1.54, 1.807) is 17.0 Å². The fourth-order valence-corrected chi connectivity index (χ4v) is 5.13. The Hall–Kier alpha value is -2.55. The van der Waals surface area contributed by atoms with Gasteiger partial charge in [-0.3, -0.25) is 4.79 Å². The zero-order chi connectivity index (χ0) is 27.3. The Bertz CT molecular complexity index is 1140. The van der Waals surface area contributed by atoms with Crippen LogP contribution in [0.4, 0.5) is 13.2 Å². The van der Waals surface area contributed by atoms with Gasteiger partial charge in [-0.25, -0.2) is 0 Å². The van der Waals surface area contributed by atoms with Crippen LogP contribution in [0.15, 0.2) is 53.4 Å². The van der Waals surface area contributed by atoms with E-state index in [4.69, 9.17) is 4.18 Å². The van der Waals surface area contributed by atoms with Crippen LogP contribution in [0.25, 0.3) is 0 Å². The highest BCUT2D eigenvalue weighted by molar-refractivity contribution is 7.87. The lowest BCUT2D eigenvalue weighted by atomic mass is 9.84. The molecule has 1 atom stereocenters. The molecule has 0 aliphatic heterocycles. The van der Waals surface area contributed by atoms with Crippen molar-refractivity contribution in [2.75, 3.05) is 6.54 Å². The van der Waals surface area contributed by atoms with E-state index in [-0.39, 0.29) is 35.5 Å². The summed E-state index contributed by atoms with van der Waals surface area (Å²) in [5.41, 5.74) is -0.312. The van der Waals surface area contributed by atoms with Crippen molar-refractivity contribution in [3.05, 3.63) is 59.7 Å². The highest BCUT2D eigenvalue weighted by Gasteiger charge is 2.32. The topological polar surface area (TPSA) is 63.7 Å². The number of halogens is 3. The Balaban J connectivity index is 2.20. The second kappa shape index (κ2) is 11.7. The second-order valence-electron chi connectivity index (χ2n) is 11.0. The molecule has 36 heavy (non-hydrogen) atoms. The molecule has 5 nitrogen and oxygen atoms in total. The maximum atomic E-state index is 13.1. The summed E-state index contributed by atoms with van der Waals surface area (Å²) in [7, 11) is -4.49. The van der Waals surface area contributed by atoms with Gasteiger partial charge in [-0.05, 0) is 59.6 Å². The summed E-state index contributed by atoms with van der Waals surface area (Å²) in [4.78, 5) is 14.3. The summed E-state index contributed by atoms with van der Waals surface area (Å²) in [6, 6.07) is 9.65. The van der Waals surface area contributed by atoms with Gasteiger partial charge in [-0.2, -0.15) is 21.6 Å². The molecule has 0 fully saturated rings. The van der Waals surface area contributed by atoms with Crippen LogP contribution in [0.3, 0.4) is 0 Å². The van der Waals surface area contributed by atoms with Crippen LogP contribution >= 0.6 is 0 Å². The van der Waals surface area contributed by atoms with Gasteiger partial charge < -0.3 is 9.08 Å². The molecule has 2 aromatic rings. The smallest absolute Gasteiger partial charge is 0.379 e. The van der Waals surface area contributed by atoms with Crippen molar-refractivity contribution in [2.24, 2.45) is 17.3 Å². The van der Waals surface area contributed by atoms with Crippen LogP contribution in [0.2, 0.25) is 0 Å². The Kier molecular flexibility index (Phi) is 9.62. The lowest BCUT2D eigenvalue weighted by Gasteiger charge is -2.28. The first-order chi connectivity index (χ1) is 16.5. The predicted octanol–water partition coefficient (Wildman–Crippen LogP) is 6.92. The van der Waals surface area contributed by atoms with E-state index in [0.29, 0.717) is 24.6 Å². The minimum absolute atomic E-state index is 0.0170. The largest absolute Gasteiger partial charge is 0.416 e. The number of hydrogen-bond donors (Lipinski definition) is 0. The fraction of sp³-hybridized carbons (Fsp3) is 0.519. The number of carbonyl (C=O) groups excluding carboxylic acids is 1. The van der Waals surface area contributed by atoms with Crippen LogP contribution in [0.1, 0.15) is 65.5 Å². The van der Waals surface area contributed by atoms with Crippen molar-refractivity contribution < 1.29 is 30.6 Å². The zero-order valence-corrected chi connectivity index (χ0v) is 22.5. The maximum absolute atomic E-state index is 13.1. The Labute approximate surface area is 212 Å². The van der Waals surface area contributed by atoms with Gasteiger partial charge in [0.15, 0.2) is 0 Å². The SMILES string of the molecule is CC(C)CN(Cc1cccc(OS(=O)(=O)c2cccc(C(F)(F)F)c2)c1)C(=O)CC(C)CC(C)(C)C. The van der Waals surface area contributed by atoms with E-state index in [1.165, 1.54) is 12.1 Å². The molecule has 0 N–H and O–H groups in total. The Morgan fingerprint density at radius 3 is 2.22 bits per heavy atom. The maximum Gasteiger partial charge on any atom is 0.416 e. The average Bonchev–Trinajstić information content (AvgIpc) is 2.71. The third kappa shape index (κ3) is 9.48. The molecule has 2 rings (SSSR count). The van der Waals surface area contributed by atoms with Gasteiger partial charge in [0, 0.05) is 19.5 Å². The van der Waals surface area contributed by atoms with Crippen molar-refractivity contribution in [3.63, 3.8) is 0 Å². The van der Waals surface area contributed by atoms with Crippen LogP contribution in [-0.4, -0.2) is 25.8 Å². The molecule has 0 aromatic heterocycles. The van der Waals surface area contributed by atoms with Gasteiger partial charge in [-0.1, -0.05) is 59.7 Å². The molecule has 0 bridgehead atoms. The summed E-state index contributed by atoms with van der Waals surface area (Å²) in [6.07, 6.45) is -3.36. The lowest BCUT2D eigenvalue weighted by molar-refractivity contribution is -0.137. The number of carbonyl (C=O) groups is 1. The fourth-order valence-electron chi connectivity index (χ4n) is 4.16. The standard InChI is InChI=1S/C27H36F3NO4S/c1-19(2)17-31(25(32)13-20(3)16-26(4,5)6)18-21-9-7-11-23(14-21)35-36(33,34)24-12-8-10-22(15-24)27(28,29)30/h7-12,14-15,19-20H,13,16-18H2,1-6H3. The number of hydrogen-bond acceptors (Lipinski definition) is 4. The summed E-state index contributed by atoms with van der Waals surface area (Å²) in [5.74, 6) is 0.415. The molecule has 200 valence electrons. The van der Waals surface area contributed by atoms with E-state index in [0.717, 1.165) is 24.6 Å². The van der Waals surface area contributed by atoms with Gasteiger partial charge in [-0.15, -0.1) is 0 Å².